The van der Waals surface area contributed by atoms with E-state index in [1.165, 1.54) is 11.8 Å². The smallest absolute Gasteiger partial charge is 0.223 e. The molecule has 5 heteroatoms. The van der Waals surface area contributed by atoms with Gasteiger partial charge in [-0.15, -0.1) is 0 Å². The van der Waals surface area contributed by atoms with Crippen molar-refractivity contribution in [3.05, 3.63) is 46.2 Å². The summed E-state index contributed by atoms with van der Waals surface area (Å²) in [5.41, 5.74) is 2.73. The highest BCUT2D eigenvalue weighted by atomic mass is 79.9. The molecule has 80 valence electrons. The zero-order valence-electron chi connectivity index (χ0n) is 8.18. The van der Waals surface area contributed by atoms with Crippen LogP contribution in [0.2, 0.25) is 0 Å². The molecule has 0 amide bonds. The van der Waals surface area contributed by atoms with Crippen molar-refractivity contribution in [2.24, 2.45) is 0 Å². The Morgan fingerprint density at radius 1 is 1.31 bits per heavy atom. The number of hydrogen-bond acceptors (Lipinski definition) is 3. The number of halogens is 1. The van der Waals surface area contributed by atoms with Crippen molar-refractivity contribution in [2.45, 2.75) is 5.75 Å². The molecule has 16 heavy (non-hydrogen) atoms. The molecule has 0 aliphatic carbocycles. The highest BCUT2D eigenvalue weighted by Crippen LogP contribution is 2.31. The number of carbonyl (C=O) groups is 1. The van der Waals surface area contributed by atoms with Crippen molar-refractivity contribution in [3.63, 3.8) is 0 Å². The van der Waals surface area contributed by atoms with Gasteiger partial charge >= 0.3 is 0 Å². The van der Waals surface area contributed by atoms with Crippen LogP contribution in [0.3, 0.4) is 0 Å². The van der Waals surface area contributed by atoms with Crippen molar-refractivity contribution in [3.8, 4) is 5.69 Å². The predicted octanol–water partition coefficient (Wildman–Crippen LogP) is 3.02. The van der Waals surface area contributed by atoms with Crippen LogP contribution in [0.15, 0.2) is 34.9 Å². The average molecular weight is 295 g/mol. The maximum atomic E-state index is 11.5. The molecule has 0 saturated carbocycles. The fourth-order valence-corrected chi connectivity index (χ4v) is 2.84. The summed E-state index contributed by atoms with van der Waals surface area (Å²) in [5.74, 6) is 0.713. The average Bonchev–Trinajstić information content (AvgIpc) is 2.84. The summed E-state index contributed by atoms with van der Waals surface area (Å²) in [6.07, 6.45) is 1.65. The second kappa shape index (κ2) is 3.75. The SMILES string of the molecule is O=C1SCc2c1cnn2-c1ccc(Br)cc1. The molecular weight excluding hydrogens is 288 g/mol. The van der Waals surface area contributed by atoms with Gasteiger partial charge in [0.15, 0.2) is 0 Å². The summed E-state index contributed by atoms with van der Waals surface area (Å²) in [5, 5.41) is 4.38. The van der Waals surface area contributed by atoms with Crippen molar-refractivity contribution in [1.29, 1.82) is 0 Å². The summed E-state index contributed by atoms with van der Waals surface area (Å²) in [7, 11) is 0. The monoisotopic (exact) mass is 294 g/mol. The highest BCUT2D eigenvalue weighted by molar-refractivity contribution is 9.10. The van der Waals surface area contributed by atoms with Crippen LogP contribution in [0.5, 0.6) is 0 Å². The molecule has 3 rings (SSSR count). The molecule has 0 N–H and O–H groups in total. The number of benzene rings is 1. The van der Waals surface area contributed by atoms with Crippen molar-refractivity contribution in [2.75, 3.05) is 0 Å². The van der Waals surface area contributed by atoms with E-state index in [9.17, 15) is 4.79 Å². The van der Waals surface area contributed by atoms with Crippen LogP contribution in [0, 0.1) is 0 Å². The second-order valence-electron chi connectivity index (χ2n) is 3.47. The van der Waals surface area contributed by atoms with Gasteiger partial charge < -0.3 is 0 Å². The van der Waals surface area contributed by atoms with E-state index in [1.807, 2.05) is 28.9 Å². The number of fused-ring (bicyclic) bond motifs is 1. The standard InChI is InChI=1S/C11H7BrN2OS/c12-7-1-3-8(4-2-7)14-10-6-16-11(15)9(10)5-13-14/h1-5H,6H2. The summed E-state index contributed by atoms with van der Waals surface area (Å²) in [6.45, 7) is 0. The Kier molecular flexibility index (Phi) is 2.37. The number of hydrogen-bond donors (Lipinski definition) is 0. The molecule has 2 heterocycles. The predicted molar refractivity (Wildman–Crippen MR) is 66.9 cm³/mol. The van der Waals surface area contributed by atoms with E-state index in [2.05, 4.69) is 21.0 Å². The van der Waals surface area contributed by atoms with Crippen LogP contribution in [-0.2, 0) is 5.75 Å². The third-order valence-electron chi connectivity index (χ3n) is 2.50. The van der Waals surface area contributed by atoms with Gasteiger partial charge in [0.2, 0.25) is 5.12 Å². The Balaban J connectivity index is 2.11. The van der Waals surface area contributed by atoms with Gasteiger partial charge in [-0.2, -0.15) is 5.10 Å². The summed E-state index contributed by atoms with van der Waals surface area (Å²) < 4.78 is 2.87. The molecule has 2 aromatic rings. The van der Waals surface area contributed by atoms with Gasteiger partial charge in [0.05, 0.1) is 23.1 Å². The van der Waals surface area contributed by atoms with E-state index < -0.39 is 0 Å². The van der Waals surface area contributed by atoms with Gasteiger partial charge in [0, 0.05) is 10.2 Å². The fourth-order valence-electron chi connectivity index (χ4n) is 1.70. The first kappa shape index (κ1) is 10.1. The van der Waals surface area contributed by atoms with E-state index in [0.29, 0.717) is 5.75 Å². The Bertz CT molecular complexity index is 562. The molecule has 0 spiro atoms. The van der Waals surface area contributed by atoms with Crippen LogP contribution in [-0.4, -0.2) is 14.9 Å². The van der Waals surface area contributed by atoms with Crippen LogP contribution < -0.4 is 0 Å². The summed E-state index contributed by atoms with van der Waals surface area (Å²) in [6, 6.07) is 7.89. The fraction of sp³-hybridized carbons (Fsp3) is 0.0909. The first-order chi connectivity index (χ1) is 7.75. The lowest BCUT2D eigenvalue weighted by Crippen LogP contribution is -1.99. The minimum Gasteiger partial charge on any atom is -0.281 e. The van der Waals surface area contributed by atoms with Gasteiger partial charge in [0.1, 0.15) is 0 Å². The molecular formula is C11H7BrN2OS. The zero-order chi connectivity index (χ0) is 11.1. The Morgan fingerprint density at radius 3 is 2.81 bits per heavy atom. The molecule has 0 bridgehead atoms. The lowest BCUT2D eigenvalue weighted by molar-refractivity contribution is 0.109. The van der Waals surface area contributed by atoms with E-state index in [1.54, 1.807) is 6.20 Å². The van der Waals surface area contributed by atoms with Crippen LogP contribution >= 0.6 is 27.7 Å². The molecule has 1 aliphatic heterocycles. The van der Waals surface area contributed by atoms with E-state index in [4.69, 9.17) is 0 Å². The lowest BCUT2D eigenvalue weighted by atomic mass is 10.2. The first-order valence-corrected chi connectivity index (χ1v) is 6.53. The van der Waals surface area contributed by atoms with Crippen molar-refractivity contribution in [1.82, 2.24) is 9.78 Å². The molecule has 0 atom stereocenters. The molecule has 1 aromatic heterocycles. The second-order valence-corrected chi connectivity index (χ2v) is 5.33. The number of aromatic nitrogens is 2. The highest BCUT2D eigenvalue weighted by Gasteiger charge is 2.25. The summed E-state index contributed by atoms with van der Waals surface area (Å²) in [4.78, 5) is 11.5. The Hall–Kier alpha value is -1.07. The van der Waals surface area contributed by atoms with E-state index in [0.717, 1.165) is 21.4 Å². The normalized spacial score (nSPS) is 14.2. The van der Waals surface area contributed by atoms with Crippen molar-refractivity contribution < 1.29 is 4.79 Å². The van der Waals surface area contributed by atoms with Gasteiger partial charge in [-0.3, -0.25) is 4.79 Å². The van der Waals surface area contributed by atoms with Crippen molar-refractivity contribution >= 4 is 32.8 Å². The maximum absolute atomic E-state index is 11.5. The third kappa shape index (κ3) is 1.51. The minimum absolute atomic E-state index is 0.123. The number of carbonyl (C=O) groups excluding carboxylic acids is 1. The van der Waals surface area contributed by atoms with Gasteiger partial charge in [-0.1, -0.05) is 27.7 Å². The quantitative estimate of drug-likeness (QED) is 0.811. The van der Waals surface area contributed by atoms with E-state index >= 15 is 0 Å². The Morgan fingerprint density at radius 2 is 2.06 bits per heavy atom. The minimum atomic E-state index is 0.123. The topological polar surface area (TPSA) is 34.9 Å². The van der Waals surface area contributed by atoms with E-state index in [-0.39, 0.29) is 5.12 Å². The molecule has 1 aromatic carbocycles. The van der Waals surface area contributed by atoms with Gasteiger partial charge in [0.25, 0.3) is 0 Å². The maximum Gasteiger partial charge on any atom is 0.223 e. The number of thioether (sulfide) groups is 1. The molecule has 0 unspecified atom stereocenters. The van der Waals surface area contributed by atoms with Gasteiger partial charge in [-0.05, 0) is 24.3 Å². The third-order valence-corrected chi connectivity index (χ3v) is 3.93. The number of rotatable bonds is 1. The van der Waals surface area contributed by atoms with Crippen LogP contribution in [0.25, 0.3) is 5.69 Å². The molecule has 0 saturated heterocycles. The molecule has 0 radical (unpaired) electrons. The molecule has 0 fully saturated rings. The number of nitrogens with zero attached hydrogens (tertiary/aromatic N) is 2. The zero-order valence-corrected chi connectivity index (χ0v) is 10.6. The first-order valence-electron chi connectivity index (χ1n) is 4.75. The lowest BCUT2D eigenvalue weighted by Gasteiger charge is -2.04. The van der Waals surface area contributed by atoms with Crippen LogP contribution in [0.1, 0.15) is 16.1 Å². The Labute approximate surface area is 105 Å². The summed E-state index contributed by atoms with van der Waals surface area (Å²) >= 11 is 4.73. The van der Waals surface area contributed by atoms with Crippen LogP contribution in [0.4, 0.5) is 0 Å². The molecule has 1 aliphatic rings. The molecule has 3 nitrogen and oxygen atoms in total. The van der Waals surface area contributed by atoms with Gasteiger partial charge in [-0.25, -0.2) is 4.68 Å². The largest absolute Gasteiger partial charge is 0.281 e.